The Morgan fingerprint density at radius 1 is 0.774 bits per heavy atom. The molecule has 0 unspecified atom stereocenters. The smallest absolute Gasteiger partial charge is 0.0958 e. The van der Waals surface area contributed by atoms with E-state index in [1.165, 1.54) is 16.8 Å². The molecule has 0 fully saturated rings. The van der Waals surface area contributed by atoms with Crippen molar-refractivity contribution in [2.45, 2.75) is 39.5 Å². The predicted molar refractivity (Wildman–Crippen MR) is 133 cm³/mol. The molecule has 3 aromatic carbocycles. The van der Waals surface area contributed by atoms with Gasteiger partial charge in [0.1, 0.15) is 0 Å². The first-order valence-electron chi connectivity index (χ1n) is 10.9. The van der Waals surface area contributed by atoms with Crippen LogP contribution in [0.2, 0.25) is 0 Å². The molecule has 3 heteroatoms. The number of fused-ring (bicyclic) bond motifs is 1. The third-order valence-corrected chi connectivity index (χ3v) is 5.55. The molecule has 0 spiro atoms. The molecule has 3 nitrogen and oxygen atoms in total. The van der Waals surface area contributed by atoms with E-state index in [0.29, 0.717) is 11.8 Å². The Hall–Kier alpha value is -3.46. The number of benzene rings is 3. The van der Waals surface area contributed by atoms with Crippen LogP contribution in [0.25, 0.3) is 10.9 Å². The Balaban J connectivity index is 1.73. The van der Waals surface area contributed by atoms with Crippen LogP contribution in [0.5, 0.6) is 0 Å². The van der Waals surface area contributed by atoms with Crippen molar-refractivity contribution in [3.05, 3.63) is 95.7 Å². The molecule has 0 bridgehead atoms. The first-order valence-corrected chi connectivity index (χ1v) is 10.9. The molecule has 0 aliphatic carbocycles. The molecular weight excluding hydrogens is 378 g/mol. The van der Waals surface area contributed by atoms with Crippen molar-refractivity contribution >= 4 is 34.2 Å². The van der Waals surface area contributed by atoms with Gasteiger partial charge in [-0.1, -0.05) is 82.3 Å². The Morgan fingerprint density at radius 2 is 1.45 bits per heavy atom. The van der Waals surface area contributed by atoms with Gasteiger partial charge < -0.3 is 5.32 Å². The van der Waals surface area contributed by atoms with Gasteiger partial charge in [-0.25, -0.2) is 0 Å². The van der Waals surface area contributed by atoms with E-state index >= 15 is 0 Å². The van der Waals surface area contributed by atoms with E-state index < -0.39 is 0 Å². The summed E-state index contributed by atoms with van der Waals surface area (Å²) in [5.74, 6) is 0.868. The van der Waals surface area contributed by atoms with E-state index in [2.05, 4.69) is 86.5 Å². The number of hydrogen-bond donors (Lipinski definition) is 1. The highest BCUT2D eigenvalue weighted by Crippen LogP contribution is 2.35. The Labute approximate surface area is 184 Å². The lowest BCUT2D eigenvalue weighted by atomic mass is 9.92. The minimum absolute atomic E-state index is 0.434. The SMILES string of the molecule is CC(C)c1cccc(C(C)C)c1Nc1ccccc1C=Nc1cccc2cccnc12. The summed E-state index contributed by atoms with van der Waals surface area (Å²) in [6, 6.07) is 25.0. The zero-order valence-corrected chi connectivity index (χ0v) is 18.6. The number of para-hydroxylation sites is 3. The van der Waals surface area contributed by atoms with Crippen molar-refractivity contribution in [2.75, 3.05) is 5.32 Å². The van der Waals surface area contributed by atoms with Crippen molar-refractivity contribution in [2.24, 2.45) is 4.99 Å². The molecule has 0 radical (unpaired) electrons. The maximum atomic E-state index is 4.79. The van der Waals surface area contributed by atoms with Gasteiger partial charge in [-0.2, -0.15) is 0 Å². The number of pyridine rings is 1. The average molecular weight is 408 g/mol. The van der Waals surface area contributed by atoms with Gasteiger partial charge in [0.25, 0.3) is 0 Å². The number of nitrogens with one attached hydrogen (secondary N) is 1. The van der Waals surface area contributed by atoms with Crippen LogP contribution < -0.4 is 5.32 Å². The van der Waals surface area contributed by atoms with Crippen LogP contribution in [-0.2, 0) is 0 Å². The molecule has 4 aromatic rings. The Morgan fingerprint density at radius 3 is 2.19 bits per heavy atom. The summed E-state index contributed by atoms with van der Waals surface area (Å²) in [7, 11) is 0. The van der Waals surface area contributed by atoms with Crippen LogP contribution >= 0.6 is 0 Å². The van der Waals surface area contributed by atoms with Crippen molar-refractivity contribution in [3.8, 4) is 0 Å². The van der Waals surface area contributed by atoms with Gasteiger partial charge >= 0.3 is 0 Å². The number of nitrogens with zero attached hydrogens (tertiary/aromatic N) is 2. The van der Waals surface area contributed by atoms with E-state index in [4.69, 9.17) is 4.99 Å². The first kappa shape index (κ1) is 20.8. The van der Waals surface area contributed by atoms with E-state index in [9.17, 15) is 0 Å². The molecule has 1 N–H and O–H groups in total. The van der Waals surface area contributed by atoms with E-state index in [0.717, 1.165) is 27.8 Å². The maximum Gasteiger partial charge on any atom is 0.0958 e. The molecule has 0 atom stereocenters. The highest BCUT2D eigenvalue weighted by molar-refractivity contribution is 5.95. The van der Waals surface area contributed by atoms with Crippen molar-refractivity contribution < 1.29 is 0 Å². The second-order valence-electron chi connectivity index (χ2n) is 8.44. The topological polar surface area (TPSA) is 37.3 Å². The van der Waals surface area contributed by atoms with Gasteiger partial charge in [0.15, 0.2) is 0 Å². The van der Waals surface area contributed by atoms with Crippen LogP contribution in [0.3, 0.4) is 0 Å². The van der Waals surface area contributed by atoms with E-state index in [1.807, 2.05) is 36.7 Å². The summed E-state index contributed by atoms with van der Waals surface area (Å²) in [5, 5.41) is 4.83. The fourth-order valence-corrected chi connectivity index (χ4v) is 3.88. The van der Waals surface area contributed by atoms with Crippen LogP contribution in [0.4, 0.5) is 17.1 Å². The van der Waals surface area contributed by atoms with Crippen LogP contribution in [-0.4, -0.2) is 11.2 Å². The molecule has 0 amide bonds. The second kappa shape index (κ2) is 9.13. The largest absolute Gasteiger partial charge is 0.355 e. The fraction of sp³-hybridized carbons (Fsp3) is 0.214. The molecule has 1 aromatic heterocycles. The average Bonchev–Trinajstić information content (AvgIpc) is 2.78. The standard InChI is InChI=1S/C28H29N3/c1-19(2)23-13-8-14-24(20(3)4)28(23)31-25-15-6-5-10-22(25)18-30-26-16-7-11-21-12-9-17-29-27(21)26/h5-20,31H,1-4H3. The lowest BCUT2D eigenvalue weighted by molar-refractivity contribution is 0.838. The van der Waals surface area contributed by atoms with Crippen molar-refractivity contribution in [1.82, 2.24) is 4.98 Å². The van der Waals surface area contributed by atoms with Gasteiger partial charge in [0, 0.05) is 34.7 Å². The highest BCUT2D eigenvalue weighted by Gasteiger charge is 2.14. The van der Waals surface area contributed by atoms with E-state index in [-0.39, 0.29) is 0 Å². The predicted octanol–water partition coefficient (Wildman–Crippen LogP) is 7.98. The summed E-state index contributed by atoms with van der Waals surface area (Å²) in [4.78, 5) is 9.31. The quantitative estimate of drug-likeness (QED) is 0.329. The number of aliphatic imine (C=N–C) groups is 1. The molecule has 0 aliphatic rings. The molecule has 156 valence electrons. The van der Waals surface area contributed by atoms with Crippen LogP contribution in [0.15, 0.2) is 84.0 Å². The molecule has 0 aliphatic heterocycles. The zero-order chi connectivity index (χ0) is 21.8. The lowest BCUT2D eigenvalue weighted by Gasteiger charge is -2.21. The number of rotatable bonds is 6. The summed E-state index contributed by atoms with van der Waals surface area (Å²) < 4.78 is 0. The van der Waals surface area contributed by atoms with Crippen LogP contribution in [0, 0.1) is 0 Å². The third kappa shape index (κ3) is 4.51. The molecular formula is C28H29N3. The summed E-state index contributed by atoms with van der Waals surface area (Å²) >= 11 is 0. The van der Waals surface area contributed by atoms with Crippen molar-refractivity contribution in [1.29, 1.82) is 0 Å². The molecule has 1 heterocycles. The zero-order valence-electron chi connectivity index (χ0n) is 18.6. The fourth-order valence-electron chi connectivity index (χ4n) is 3.88. The number of hydrogen-bond acceptors (Lipinski definition) is 3. The van der Waals surface area contributed by atoms with Gasteiger partial charge in [-0.3, -0.25) is 9.98 Å². The van der Waals surface area contributed by atoms with Gasteiger partial charge in [0.05, 0.1) is 11.2 Å². The van der Waals surface area contributed by atoms with Gasteiger partial charge in [0.2, 0.25) is 0 Å². The summed E-state index contributed by atoms with van der Waals surface area (Å²) in [5.41, 5.74) is 7.75. The minimum atomic E-state index is 0.434. The van der Waals surface area contributed by atoms with E-state index in [1.54, 1.807) is 0 Å². The summed E-state index contributed by atoms with van der Waals surface area (Å²) in [6.07, 6.45) is 3.74. The monoisotopic (exact) mass is 407 g/mol. The molecule has 4 rings (SSSR count). The lowest BCUT2D eigenvalue weighted by Crippen LogP contribution is -2.05. The second-order valence-corrected chi connectivity index (χ2v) is 8.44. The maximum absolute atomic E-state index is 4.79. The normalized spacial score (nSPS) is 11.7. The number of anilines is 2. The third-order valence-electron chi connectivity index (χ3n) is 5.55. The van der Waals surface area contributed by atoms with Crippen molar-refractivity contribution in [3.63, 3.8) is 0 Å². The van der Waals surface area contributed by atoms with Gasteiger partial charge in [-0.05, 0) is 41.2 Å². The van der Waals surface area contributed by atoms with Gasteiger partial charge in [-0.15, -0.1) is 0 Å². The first-order chi connectivity index (χ1) is 15.0. The van der Waals surface area contributed by atoms with Crippen LogP contribution in [0.1, 0.15) is 56.2 Å². The minimum Gasteiger partial charge on any atom is -0.355 e. The Kier molecular flexibility index (Phi) is 6.13. The molecule has 31 heavy (non-hydrogen) atoms. The molecule has 0 saturated carbocycles. The Bertz CT molecular complexity index is 1190. The summed E-state index contributed by atoms with van der Waals surface area (Å²) in [6.45, 7) is 8.97. The molecule has 0 saturated heterocycles. The highest BCUT2D eigenvalue weighted by atomic mass is 14.9. The number of aromatic nitrogens is 1.